The van der Waals surface area contributed by atoms with E-state index < -0.39 is 0 Å². The van der Waals surface area contributed by atoms with Crippen LogP contribution >= 0.6 is 11.8 Å². The van der Waals surface area contributed by atoms with E-state index in [0.29, 0.717) is 0 Å². The zero-order chi connectivity index (χ0) is 17.9. The molecule has 0 amide bonds. The van der Waals surface area contributed by atoms with Crippen LogP contribution in [0, 0.1) is 6.92 Å². The number of rotatable bonds is 6. The third kappa shape index (κ3) is 3.58. The van der Waals surface area contributed by atoms with Crippen molar-refractivity contribution in [1.82, 2.24) is 24.6 Å². The Balaban J connectivity index is 1.59. The first-order chi connectivity index (χ1) is 12.8. The van der Waals surface area contributed by atoms with Gasteiger partial charge in [-0.3, -0.25) is 0 Å². The number of piperidine rings is 1. The Morgan fingerprint density at radius 3 is 2.73 bits per heavy atom. The van der Waals surface area contributed by atoms with Gasteiger partial charge in [0, 0.05) is 24.2 Å². The van der Waals surface area contributed by atoms with Crippen molar-refractivity contribution < 1.29 is 0 Å². The Morgan fingerprint density at radius 2 is 1.92 bits per heavy atom. The van der Waals surface area contributed by atoms with Crippen LogP contribution in [0.25, 0.3) is 22.1 Å². The molecule has 4 rings (SSSR count). The molecule has 1 aromatic carbocycles. The molecular weight excluding hydrogens is 342 g/mol. The predicted octanol–water partition coefficient (Wildman–Crippen LogP) is 4.28. The van der Waals surface area contributed by atoms with E-state index in [1.165, 1.54) is 48.8 Å². The van der Waals surface area contributed by atoms with Gasteiger partial charge in [0.25, 0.3) is 0 Å². The summed E-state index contributed by atoms with van der Waals surface area (Å²) in [6, 6.07) is 6.55. The van der Waals surface area contributed by atoms with Crippen LogP contribution in [-0.4, -0.2) is 50.0 Å². The molecule has 0 N–H and O–H groups in total. The van der Waals surface area contributed by atoms with Crippen LogP contribution in [0.3, 0.4) is 0 Å². The maximum atomic E-state index is 4.88. The molecule has 6 heteroatoms. The summed E-state index contributed by atoms with van der Waals surface area (Å²) in [6.07, 6.45) is 5.14. The highest BCUT2D eigenvalue weighted by Gasteiger charge is 2.15. The van der Waals surface area contributed by atoms with Crippen molar-refractivity contribution in [3.8, 4) is 0 Å². The van der Waals surface area contributed by atoms with Gasteiger partial charge < -0.3 is 9.47 Å². The molecule has 3 aromatic rings. The summed E-state index contributed by atoms with van der Waals surface area (Å²) < 4.78 is 2.30. The van der Waals surface area contributed by atoms with Crippen LogP contribution in [-0.2, 0) is 6.54 Å². The number of thioether (sulfide) groups is 1. The van der Waals surface area contributed by atoms with E-state index in [1.54, 1.807) is 11.8 Å². The standard InChI is InChI=1S/C20H27N5S/c1-3-9-25-17-8-7-15(2)14-16(17)18-19(25)21-20(23-22-18)26-13-12-24-10-5-4-6-11-24/h7-8,14H,3-6,9-13H2,1-2H3. The second-order valence-electron chi connectivity index (χ2n) is 7.19. The Hall–Kier alpha value is -1.66. The zero-order valence-corrected chi connectivity index (χ0v) is 16.6. The van der Waals surface area contributed by atoms with Gasteiger partial charge >= 0.3 is 0 Å². The SMILES string of the molecule is CCCn1c2ccc(C)cc2c2nnc(SCCN3CCCCC3)nc21. The largest absolute Gasteiger partial charge is 0.324 e. The molecule has 0 aliphatic carbocycles. The normalized spacial score (nSPS) is 15.9. The van der Waals surface area contributed by atoms with Gasteiger partial charge in [0.1, 0.15) is 5.52 Å². The van der Waals surface area contributed by atoms with Gasteiger partial charge in [-0.2, -0.15) is 0 Å². The van der Waals surface area contributed by atoms with E-state index in [1.807, 2.05) is 0 Å². The molecule has 0 atom stereocenters. The molecule has 0 saturated carbocycles. The van der Waals surface area contributed by atoms with Gasteiger partial charge in [0.15, 0.2) is 5.65 Å². The first-order valence-electron chi connectivity index (χ1n) is 9.74. The molecule has 1 aliphatic heterocycles. The molecule has 3 heterocycles. The molecule has 26 heavy (non-hydrogen) atoms. The molecule has 1 fully saturated rings. The lowest BCUT2D eigenvalue weighted by Crippen LogP contribution is -2.31. The Morgan fingerprint density at radius 1 is 1.08 bits per heavy atom. The van der Waals surface area contributed by atoms with Crippen molar-refractivity contribution in [3.05, 3.63) is 23.8 Å². The highest BCUT2D eigenvalue weighted by Crippen LogP contribution is 2.28. The lowest BCUT2D eigenvalue weighted by atomic mass is 10.1. The van der Waals surface area contributed by atoms with Crippen molar-refractivity contribution >= 4 is 33.8 Å². The molecular formula is C20H27N5S. The molecule has 138 valence electrons. The average Bonchev–Trinajstić information content (AvgIpc) is 2.96. The lowest BCUT2D eigenvalue weighted by Gasteiger charge is -2.25. The first-order valence-corrected chi connectivity index (χ1v) is 10.7. The minimum Gasteiger partial charge on any atom is -0.324 e. The van der Waals surface area contributed by atoms with Gasteiger partial charge in [-0.05, 0) is 51.4 Å². The third-order valence-corrected chi connectivity index (χ3v) is 5.95. The first kappa shape index (κ1) is 17.7. The van der Waals surface area contributed by atoms with Gasteiger partial charge in [0.05, 0.1) is 5.52 Å². The molecule has 0 unspecified atom stereocenters. The van der Waals surface area contributed by atoms with Gasteiger partial charge in [0.2, 0.25) is 5.16 Å². The quantitative estimate of drug-likeness (QED) is 0.607. The highest BCUT2D eigenvalue weighted by atomic mass is 32.2. The van der Waals surface area contributed by atoms with E-state index >= 15 is 0 Å². The number of hydrogen-bond donors (Lipinski definition) is 0. The highest BCUT2D eigenvalue weighted by molar-refractivity contribution is 7.99. The van der Waals surface area contributed by atoms with E-state index in [-0.39, 0.29) is 0 Å². The lowest BCUT2D eigenvalue weighted by molar-refractivity contribution is 0.242. The van der Waals surface area contributed by atoms with Crippen molar-refractivity contribution in [2.45, 2.75) is 51.2 Å². The fourth-order valence-corrected chi connectivity index (χ4v) is 4.60. The molecule has 0 radical (unpaired) electrons. The summed E-state index contributed by atoms with van der Waals surface area (Å²) in [6.45, 7) is 8.87. The second-order valence-corrected chi connectivity index (χ2v) is 8.25. The minimum absolute atomic E-state index is 0.798. The van der Waals surface area contributed by atoms with Crippen LogP contribution in [0.5, 0.6) is 0 Å². The monoisotopic (exact) mass is 369 g/mol. The van der Waals surface area contributed by atoms with E-state index in [0.717, 1.165) is 41.6 Å². The number of hydrogen-bond acceptors (Lipinski definition) is 5. The summed E-state index contributed by atoms with van der Waals surface area (Å²) in [5, 5.41) is 10.9. The number of likely N-dealkylation sites (tertiary alicyclic amines) is 1. The van der Waals surface area contributed by atoms with Crippen molar-refractivity contribution in [2.75, 3.05) is 25.4 Å². The van der Waals surface area contributed by atoms with Crippen LogP contribution in [0.15, 0.2) is 23.4 Å². The molecule has 1 aliphatic rings. The summed E-state index contributed by atoms with van der Waals surface area (Å²) in [5.74, 6) is 1.03. The van der Waals surface area contributed by atoms with E-state index in [2.05, 4.69) is 51.7 Å². The van der Waals surface area contributed by atoms with E-state index in [9.17, 15) is 0 Å². The Bertz CT molecular complexity index is 898. The summed E-state index contributed by atoms with van der Waals surface area (Å²) >= 11 is 1.73. The summed E-state index contributed by atoms with van der Waals surface area (Å²) in [7, 11) is 0. The van der Waals surface area contributed by atoms with Crippen LogP contribution in [0.1, 0.15) is 38.2 Å². The van der Waals surface area contributed by atoms with Crippen LogP contribution < -0.4 is 0 Å². The van der Waals surface area contributed by atoms with Crippen LogP contribution in [0.2, 0.25) is 0 Å². The molecule has 0 spiro atoms. The van der Waals surface area contributed by atoms with Crippen molar-refractivity contribution in [3.63, 3.8) is 0 Å². The Labute approximate surface area is 159 Å². The summed E-state index contributed by atoms with van der Waals surface area (Å²) in [5.41, 5.74) is 4.36. The fraction of sp³-hybridized carbons (Fsp3) is 0.550. The summed E-state index contributed by atoms with van der Waals surface area (Å²) in [4.78, 5) is 7.43. The maximum absolute atomic E-state index is 4.88. The van der Waals surface area contributed by atoms with Gasteiger partial charge in [-0.25, -0.2) is 4.98 Å². The van der Waals surface area contributed by atoms with Crippen LogP contribution in [0.4, 0.5) is 0 Å². The number of aryl methyl sites for hydroxylation is 2. The van der Waals surface area contributed by atoms with Gasteiger partial charge in [-0.15, -0.1) is 10.2 Å². The predicted molar refractivity (Wildman–Crippen MR) is 109 cm³/mol. The number of fused-ring (bicyclic) bond motifs is 3. The zero-order valence-electron chi connectivity index (χ0n) is 15.7. The average molecular weight is 370 g/mol. The van der Waals surface area contributed by atoms with Gasteiger partial charge in [-0.1, -0.05) is 36.7 Å². The fourth-order valence-electron chi connectivity index (χ4n) is 3.82. The number of aromatic nitrogens is 4. The molecule has 0 bridgehead atoms. The Kier molecular flexibility index (Phi) is 5.41. The number of nitrogens with zero attached hydrogens (tertiary/aromatic N) is 5. The van der Waals surface area contributed by atoms with Crippen molar-refractivity contribution in [2.24, 2.45) is 0 Å². The van der Waals surface area contributed by atoms with E-state index in [4.69, 9.17) is 4.98 Å². The third-order valence-electron chi connectivity index (χ3n) is 5.14. The molecule has 2 aromatic heterocycles. The van der Waals surface area contributed by atoms with Crippen molar-refractivity contribution in [1.29, 1.82) is 0 Å². The molecule has 1 saturated heterocycles. The minimum atomic E-state index is 0.798. The number of benzene rings is 1. The maximum Gasteiger partial charge on any atom is 0.211 e. The topological polar surface area (TPSA) is 46.8 Å². The smallest absolute Gasteiger partial charge is 0.211 e. The molecule has 5 nitrogen and oxygen atoms in total. The second kappa shape index (κ2) is 7.92.